The number of rotatable bonds is 2. The van der Waals surface area contributed by atoms with E-state index >= 15 is 0 Å². The summed E-state index contributed by atoms with van der Waals surface area (Å²) in [5.41, 5.74) is 0.324. The lowest BCUT2D eigenvalue weighted by Crippen LogP contribution is -2.04. The molecule has 2 aromatic heterocycles. The minimum Gasteiger partial charge on any atom is -0.207 e. The maximum absolute atomic E-state index is 13.4. The van der Waals surface area contributed by atoms with Gasteiger partial charge >= 0.3 is 6.18 Å². The Hall–Kier alpha value is -2.81. The molecule has 126 valence electrons. The smallest absolute Gasteiger partial charge is 0.207 e. The molecule has 0 radical (unpaired) electrons. The van der Waals surface area contributed by atoms with E-state index in [9.17, 15) is 17.6 Å². The van der Waals surface area contributed by atoms with Gasteiger partial charge in [-0.3, -0.25) is 0 Å². The van der Waals surface area contributed by atoms with Crippen molar-refractivity contribution >= 4 is 16.3 Å². The summed E-state index contributed by atoms with van der Waals surface area (Å²) < 4.78 is 52.8. The molecule has 0 saturated heterocycles. The molecule has 0 atom stereocenters. The first-order chi connectivity index (χ1) is 11.9. The highest BCUT2D eigenvalue weighted by Crippen LogP contribution is 2.32. The highest BCUT2D eigenvalue weighted by atomic mass is 32.1. The van der Waals surface area contributed by atoms with Crippen LogP contribution in [0.15, 0.2) is 48.5 Å². The van der Waals surface area contributed by atoms with Gasteiger partial charge in [0, 0.05) is 11.1 Å². The summed E-state index contributed by atoms with van der Waals surface area (Å²) in [6.45, 7) is 0. The number of alkyl halides is 3. The first-order valence-corrected chi connectivity index (χ1v) is 7.89. The van der Waals surface area contributed by atoms with Crippen LogP contribution in [0.1, 0.15) is 5.56 Å². The van der Waals surface area contributed by atoms with Crippen LogP contribution in [-0.2, 0) is 6.18 Å². The van der Waals surface area contributed by atoms with Gasteiger partial charge in [0.25, 0.3) is 0 Å². The third kappa shape index (κ3) is 2.86. The molecule has 0 saturated carbocycles. The number of halogens is 4. The fraction of sp³-hybridized carbons (Fsp3) is 0.0625. The molecule has 0 unspecified atom stereocenters. The molecular weight excluding hydrogens is 356 g/mol. The fourth-order valence-electron chi connectivity index (χ4n) is 2.34. The van der Waals surface area contributed by atoms with Gasteiger partial charge in [-0.2, -0.15) is 22.8 Å². The van der Waals surface area contributed by atoms with Crippen molar-refractivity contribution in [1.29, 1.82) is 0 Å². The molecule has 0 aliphatic rings. The van der Waals surface area contributed by atoms with Crippen molar-refractivity contribution in [3.8, 4) is 22.0 Å². The highest BCUT2D eigenvalue weighted by molar-refractivity contribution is 7.19. The second kappa shape index (κ2) is 5.62. The molecule has 0 spiro atoms. The van der Waals surface area contributed by atoms with Gasteiger partial charge in [-0.05, 0) is 24.3 Å². The van der Waals surface area contributed by atoms with E-state index in [0.717, 1.165) is 12.1 Å². The Labute approximate surface area is 142 Å². The maximum atomic E-state index is 13.4. The Kier molecular flexibility index (Phi) is 3.53. The summed E-state index contributed by atoms with van der Waals surface area (Å²) in [5, 5.41) is 12.8. The summed E-state index contributed by atoms with van der Waals surface area (Å²) >= 11 is 1.19. The van der Waals surface area contributed by atoms with Gasteiger partial charge in [-0.25, -0.2) is 4.39 Å². The molecule has 0 aliphatic carbocycles. The van der Waals surface area contributed by atoms with E-state index < -0.39 is 17.6 Å². The second-order valence-corrected chi connectivity index (χ2v) is 6.17. The van der Waals surface area contributed by atoms with Crippen molar-refractivity contribution < 1.29 is 17.6 Å². The Morgan fingerprint density at radius 3 is 2.36 bits per heavy atom. The summed E-state index contributed by atoms with van der Waals surface area (Å²) in [5.74, 6) is -0.0450. The largest absolute Gasteiger partial charge is 0.416 e. The summed E-state index contributed by atoms with van der Waals surface area (Å²) in [4.78, 5) is 0.467. The molecule has 4 nitrogen and oxygen atoms in total. The summed E-state index contributed by atoms with van der Waals surface area (Å²) in [7, 11) is 0. The zero-order valence-corrected chi connectivity index (χ0v) is 13.1. The van der Waals surface area contributed by atoms with Gasteiger partial charge in [0.2, 0.25) is 4.96 Å². The van der Waals surface area contributed by atoms with Gasteiger partial charge in [-0.15, -0.1) is 10.2 Å². The topological polar surface area (TPSA) is 43.1 Å². The number of aromatic nitrogens is 4. The first-order valence-electron chi connectivity index (χ1n) is 7.07. The molecule has 0 fully saturated rings. The molecule has 9 heteroatoms. The van der Waals surface area contributed by atoms with Crippen LogP contribution in [-0.4, -0.2) is 19.8 Å². The number of benzene rings is 2. The van der Waals surface area contributed by atoms with Gasteiger partial charge in [-0.1, -0.05) is 35.6 Å². The van der Waals surface area contributed by atoms with E-state index in [2.05, 4.69) is 15.3 Å². The van der Waals surface area contributed by atoms with E-state index in [4.69, 9.17) is 0 Å². The van der Waals surface area contributed by atoms with Gasteiger partial charge < -0.3 is 0 Å². The molecule has 4 rings (SSSR count). The third-order valence-electron chi connectivity index (χ3n) is 3.53. The summed E-state index contributed by atoms with van der Waals surface area (Å²) in [6.07, 6.45) is -4.38. The normalized spacial score (nSPS) is 12.0. The van der Waals surface area contributed by atoms with E-state index in [1.807, 2.05) is 0 Å². The molecule has 2 heterocycles. The average molecular weight is 364 g/mol. The van der Waals surface area contributed by atoms with Crippen molar-refractivity contribution in [3.63, 3.8) is 0 Å². The number of fused-ring (bicyclic) bond motifs is 1. The Morgan fingerprint density at radius 1 is 0.920 bits per heavy atom. The summed E-state index contributed by atoms with van der Waals surface area (Å²) in [6, 6.07) is 10.6. The van der Waals surface area contributed by atoms with Gasteiger partial charge in [0.05, 0.1) is 5.56 Å². The van der Waals surface area contributed by atoms with Crippen molar-refractivity contribution in [2.75, 3.05) is 0 Å². The van der Waals surface area contributed by atoms with Crippen LogP contribution in [0.4, 0.5) is 17.6 Å². The molecule has 0 amide bonds. The molecule has 25 heavy (non-hydrogen) atoms. The van der Waals surface area contributed by atoms with Crippen LogP contribution in [0.2, 0.25) is 0 Å². The fourth-order valence-corrected chi connectivity index (χ4v) is 3.19. The van der Waals surface area contributed by atoms with E-state index in [0.29, 0.717) is 26.9 Å². The standard InChI is InChI=1S/C16H8F4N4S/c17-12-3-1-2-10(8-12)13-21-22-15-24(13)23-14(25-15)9-4-6-11(7-5-9)16(18,19)20/h1-8H. The van der Waals surface area contributed by atoms with E-state index in [-0.39, 0.29) is 0 Å². The van der Waals surface area contributed by atoms with Crippen molar-refractivity contribution in [3.05, 3.63) is 59.9 Å². The lowest BCUT2D eigenvalue weighted by Gasteiger charge is -2.06. The van der Waals surface area contributed by atoms with Crippen molar-refractivity contribution in [2.24, 2.45) is 0 Å². The molecule has 4 aromatic rings. The minimum absolute atomic E-state index is 0.365. The van der Waals surface area contributed by atoms with E-state index in [1.165, 1.54) is 40.1 Å². The lowest BCUT2D eigenvalue weighted by molar-refractivity contribution is -0.137. The number of hydrogen-bond donors (Lipinski definition) is 0. The van der Waals surface area contributed by atoms with Crippen LogP contribution >= 0.6 is 11.3 Å². The lowest BCUT2D eigenvalue weighted by atomic mass is 10.1. The Morgan fingerprint density at radius 2 is 1.68 bits per heavy atom. The van der Waals surface area contributed by atoms with Crippen LogP contribution in [0, 0.1) is 5.82 Å². The van der Waals surface area contributed by atoms with Crippen LogP contribution in [0.25, 0.3) is 26.9 Å². The van der Waals surface area contributed by atoms with Crippen molar-refractivity contribution in [1.82, 2.24) is 19.8 Å². The first kappa shape index (κ1) is 15.7. The minimum atomic E-state index is -4.38. The van der Waals surface area contributed by atoms with Crippen LogP contribution in [0.5, 0.6) is 0 Å². The maximum Gasteiger partial charge on any atom is 0.416 e. The molecular formula is C16H8F4N4S. The second-order valence-electron chi connectivity index (χ2n) is 5.21. The monoisotopic (exact) mass is 364 g/mol. The molecule has 0 N–H and O–H groups in total. The predicted octanol–water partition coefficient (Wildman–Crippen LogP) is 4.68. The van der Waals surface area contributed by atoms with E-state index in [1.54, 1.807) is 12.1 Å². The van der Waals surface area contributed by atoms with Crippen molar-refractivity contribution in [2.45, 2.75) is 6.18 Å². The third-order valence-corrected chi connectivity index (χ3v) is 4.48. The number of hydrogen-bond acceptors (Lipinski definition) is 4. The average Bonchev–Trinajstić information content (AvgIpc) is 3.14. The van der Waals surface area contributed by atoms with Gasteiger partial charge in [0.1, 0.15) is 10.8 Å². The predicted molar refractivity (Wildman–Crippen MR) is 84.5 cm³/mol. The quantitative estimate of drug-likeness (QED) is 0.485. The van der Waals surface area contributed by atoms with Crippen LogP contribution in [0.3, 0.4) is 0 Å². The highest BCUT2D eigenvalue weighted by Gasteiger charge is 2.30. The zero-order chi connectivity index (χ0) is 17.6. The van der Waals surface area contributed by atoms with Gasteiger partial charge in [0.15, 0.2) is 5.82 Å². The Bertz CT molecular complexity index is 1050. The molecule has 2 aromatic carbocycles. The SMILES string of the molecule is Fc1cccc(-c2nnc3sc(-c4ccc(C(F)(F)F)cc4)nn23)c1. The van der Waals surface area contributed by atoms with Crippen LogP contribution < -0.4 is 0 Å². The number of nitrogens with zero attached hydrogens (tertiary/aromatic N) is 4. The zero-order valence-electron chi connectivity index (χ0n) is 12.3. The molecule has 0 bridgehead atoms. The molecule has 0 aliphatic heterocycles. The Balaban J connectivity index is 1.75.